The summed E-state index contributed by atoms with van der Waals surface area (Å²) < 4.78 is 13.6. The highest BCUT2D eigenvalue weighted by molar-refractivity contribution is 6.30. The van der Waals surface area contributed by atoms with Crippen LogP contribution in [0.25, 0.3) is 0 Å². The molecule has 0 aliphatic carbocycles. The van der Waals surface area contributed by atoms with Crippen LogP contribution in [0.5, 0.6) is 0 Å². The van der Waals surface area contributed by atoms with E-state index in [9.17, 15) is 4.39 Å². The fourth-order valence-corrected chi connectivity index (χ4v) is 2.54. The maximum Gasteiger partial charge on any atom is 0.123 e. The molecule has 1 atom stereocenters. The van der Waals surface area contributed by atoms with E-state index in [1.807, 2.05) is 45.2 Å². The molecule has 3 heteroatoms. The number of rotatable bonds is 3. The molecule has 0 amide bonds. The third kappa shape index (κ3) is 3.14. The van der Waals surface area contributed by atoms with Gasteiger partial charge in [0.15, 0.2) is 0 Å². The summed E-state index contributed by atoms with van der Waals surface area (Å²) in [6, 6.07) is 10.8. The molecule has 2 rings (SSSR count). The van der Waals surface area contributed by atoms with Crippen molar-refractivity contribution in [3.8, 4) is 0 Å². The van der Waals surface area contributed by atoms with Crippen molar-refractivity contribution in [1.82, 2.24) is 5.32 Å². The van der Waals surface area contributed by atoms with Gasteiger partial charge in [0.05, 0.1) is 6.04 Å². The highest BCUT2D eigenvalue weighted by Crippen LogP contribution is 2.28. The van der Waals surface area contributed by atoms with E-state index in [1.54, 1.807) is 6.07 Å². The van der Waals surface area contributed by atoms with E-state index in [0.717, 1.165) is 22.3 Å². The Kier molecular flexibility index (Phi) is 4.23. The summed E-state index contributed by atoms with van der Waals surface area (Å²) in [5, 5.41) is 3.92. The number of aryl methyl sites for hydroxylation is 2. The van der Waals surface area contributed by atoms with E-state index in [4.69, 9.17) is 11.6 Å². The Hall–Kier alpha value is -1.38. The average Bonchev–Trinajstić information content (AvgIpc) is 2.33. The third-order valence-electron chi connectivity index (χ3n) is 3.24. The van der Waals surface area contributed by atoms with Crippen molar-refractivity contribution in [2.24, 2.45) is 0 Å². The Morgan fingerprint density at radius 1 is 1.11 bits per heavy atom. The topological polar surface area (TPSA) is 12.0 Å². The zero-order valence-electron chi connectivity index (χ0n) is 11.3. The quantitative estimate of drug-likeness (QED) is 0.876. The Balaban J connectivity index is 2.52. The zero-order valence-corrected chi connectivity index (χ0v) is 12.1. The van der Waals surface area contributed by atoms with Crippen LogP contribution in [-0.4, -0.2) is 7.05 Å². The predicted molar refractivity (Wildman–Crippen MR) is 78.2 cm³/mol. The molecule has 1 unspecified atom stereocenters. The van der Waals surface area contributed by atoms with Crippen LogP contribution in [0.15, 0.2) is 36.4 Å². The van der Waals surface area contributed by atoms with Gasteiger partial charge in [0, 0.05) is 5.02 Å². The summed E-state index contributed by atoms with van der Waals surface area (Å²) in [5.41, 5.74) is 4.02. The molecule has 0 aromatic heterocycles. The number of hydrogen-bond acceptors (Lipinski definition) is 1. The molecular formula is C16H17ClFN. The van der Waals surface area contributed by atoms with E-state index in [0.29, 0.717) is 5.02 Å². The first-order valence-corrected chi connectivity index (χ1v) is 6.59. The smallest absolute Gasteiger partial charge is 0.123 e. The van der Waals surface area contributed by atoms with Crippen molar-refractivity contribution in [3.05, 3.63) is 69.5 Å². The second-order valence-electron chi connectivity index (χ2n) is 4.78. The standard InChI is InChI=1S/C16H17ClFN/c1-10-6-12(8-14(18)7-10)16(19-3)15-9-13(17)5-4-11(15)2/h4-9,16,19H,1-3H3. The van der Waals surface area contributed by atoms with E-state index in [2.05, 4.69) is 5.32 Å². The fraction of sp³-hybridized carbons (Fsp3) is 0.250. The van der Waals surface area contributed by atoms with Gasteiger partial charge in [-0.3, -0.25) is 0 Å². The molecule has 0 heterocycles. The van der Waals surface area contributed by atoms with Crippen LogP contribution in [0.1, 0.15) is 28.3 Å². The van der Waals surface area contributed by atoms with Crippen molar-refractivity contribution >= 4 is 11.6 Å². The van der Waals surface area contributed by atoms with Crippen molar-refractivity contribution in [2.75, 3.05) is 7.05 Å². The van der Waals surface area contributed by atoms with Crippen LogP contribution in [0.3, 0.4) is 0 Å². The SMILES string of the molecule is CNC(c1cc(C)cc(F)c1)c1cc(Cl)ccc1C. The molecule has 1 nitrogen and oxygen atoms in total. The van der Waals surface area contributed by atoms with Crippen molar-refractivity contribution < 1.29 is 4.39 Å². The summed E-state index contributed by atoms with van der Waals surface area (Å²) >= 11 is 6.07. The maximum atomic E-state index is 13.6. The molecular weight excluding hydrogens is 261 g/mol. The molecule has 0 saturated heterocycles. The lowest BCUT2D eigenvalue weighted by molar-refractivity contribution is 0.615. The fourth-order valence-electron chi connectivity index (χ4n) is 2.36. The lowest BCUT2D eigenvalue weighted by Gasteiger charge is -2.20. The third-order valence-corrected chi connectivity index (χ3v) is 3.47. The molecule has 0 fully saturated rings. The minimum Gasteiger partial charge on any atom is -0.309 e. The van der Waals surface area contributed by atoms with Crippen LogP contribution in [-0.2, 0) is 0 Å². The van der Waals surface area contributed by atoms with Gasteiger partial charge in [-0.15, -0.1) is 0 Å². The highest BCUT2D eigenvalue weighted by Gasteiger charge is 2.15. The summed E-state index contributed by atoms with van der Waals surface area (Å²) in [5.74, 6) is -0.213. The highest BCUT2D eigenvalue weighted by atomic mass is 35.5. The Bertz CT molecular complexity index is 575. The van der Waals surface area contributed by atoms with Gasteiger partial charge in [0.1, 0.15) is 5.82 Å². The number of nitrogens with one attached hydrogen (secondary N) is 1. The van der Waals surface area contributed by atoms with Gasteiger partial charge >= 0.3 is 0 Å². The lowest BCUT2D eigenvalue weighted by atomic mass is 9.94. The summed E-state index contributed by atoms with van der Waals surface area (Å²) in [6.45, 7) is 3.92. The van der Waals surface area contributed by atoms with Crippen LogP contribution < -0.4 is 5.32 Å². The minimum absolute atomic E-state index is 0.0619. The summed E-state index contributed by atoms with van der Waals surface area (Å²) in [7, 11) is 1.87. The molecule has 0 spiro atoms. The lowest BCUT2D eigenvalue weighted by Crippen LogP contribution is -2.19. The number of benzene rings is 2. The predicted octanol–water partition coefficient (Wildman–Crippen LogP) is 4.40. The molecule has 0 saturated carbocycles. The first-order chi connectivity index (χ1) is 9.01. The van der Waals surface area contributed by atoms with E-state index >= 15 is 0 Å². The molecule has 2 aromatic rings. The van der Waals surface area contributed by atoms with Crippen LogP contribution in [0.2, 0.25) is 5.02 Å². The minimum atomic E-state index is -0.213. The van der Waals surface area contributed by atoms with Crippen LogP contribution >= 0.6 is 11.6 Å². The normalized spacial score (nSPS) is 12.5. The molecule has 2 aromatic carbocycles. The Labute approximate surface area is 118 Å². The second-order valence-corrected chi connectivity index (χ2v) is 5.22. The Morgan fingerprint density at radius 3 is 2.47 bits per heavy atom. The van der Waals surface area contributed by atoms with Crippen molar-refractivity contribution in [2.45, 2.75) is 19.9 Å². The van der Waals surface area contributed by atoms with Gasteiger partial charge in [-0.2, -0.15) is 0 Å². The van der Waals surface area contributed by atoms with Crippen LogP contribution in [0.4, 0.5) is 4.39 Å². The zero-order chi connectivity index (χ0) is 14.0. The average molecular weight is 278 g/mol. The van der Waals surface area contributed by atoms with Crippen molar-refractivity contribution in [1.29, 1.82) is 0 Å². The van der Waals surface area contributed by atoms with Gasteiger partial charge in [-0.1, -0.05) is 23.7 Å². The van der Waals surface area contributed by atoms with E-state index < -0.39 is 0 Å². The molecule has 100 valence electrons. The molecule has 0 radical (unpaired) electrons. The van der Waals surface area contributed by atoms with Gasteiger partial charge in [-0.25, -0.2) is 4.39 Å². The number of hydrogen-bond donors (Lipinski definition) is 1. The molecule has 19 heavy (non-hydrogen) atoms. The largest absolute Gasteiger partial charge is 0.309 e. The van der Waals surface area contributed by atoms with Gasteiger partial charge in [-0.05, 0) is 67.4 Å². The van der Waals surface area contributed by atoms with Crippen LogP contribution in [0, 0.1) is 19.7 Å². The first-order valence-electron chi connectivity index (χ1n) is 6.21. The second kappa shape index (κ2) is 5.72. The Morgan fingerprint density at radius 2 is 1.84 bits per heavy atom. The van der Waals surface area contributed by atoms with E-state index in [1.165, 1.54) is 6.07 Å². The molecule has 0 aliphatic rings. The van der Waals surface area contributed by atoms with Crippen molar-refractivity contribution in [3.63, 3.8) is 0 Å². The molecule has 0 bridgehead atoms. The molecule has 0 aliphatic heterocycles. The number of halogens is 2. The molecule has 1 N–H and O–H groups in total. The maximum absolute atomic E-state index is 13.6. The van der Waals surface area contributed by atoms with Gasteiger partial charge in [0.25, 0.3) is 0 Å². The van der Waals surface area contributed by atoms with Gasteiger partial charge in [0.2, 0.25) is 0 Å². The van der Waals surface area contributed by atoms with Gasteiger partial charge < -0.3 is 5.32 Å². The van der Waals surface area contributed by atoms with E-state index in [-0.39, 0.29) is 11.9 Å². The summed E-state index contributed by atoms with van der Waals surface area (Å²) in [6.07, 6.45) is 0. The summed E-state index contributed by atoms with van der Waals surface area (Å²) in [4.78, 5) is 0. The monoisotopic (exact) mass is 277 g/mol. The first kappa shape index (κ1) is 14.0.